The maximum atomic E-state index is 13.7. The van der Waals surface area contributed by atoms with E-state index in [1.54, 1.807) is 0 Å². The van der Waals surface area contributed by atoms with Crippen molar-refractivity contribution in [2.75, 3.05) is 7.11 Å². The van der Waals surface area contributed by atoms with Crippen molar-refractivity contribution in [2.45, 2.75) is 35.3 Å². The van der Waals surface area contributed by atoms with Crippen molar-refractivity contribution >= 4 is 5.90 Å². The van der Waals surface area contributed by atoms with E-state index in [2.05, 4.69) is 4.74 Å². The highest BCUT2D eigenvalue weighted by Crippen LogP contribution is 2.69. The van der Waals surface area contributed by atoms with Gasteiger partial charge in [0.1, 0.15) is 0 Å². The van der Waals surface area contributed by atoms with Crippen LogP contribution in [-0.4, -0.2) is 48.3 Å². The van der Waals surface area contributed by atoms with Gasteiger partial charge in [-0.05, 0) is 0 Å². The van der Waals surface area contributed by atoms with Gasteiger partial charge in [-0.15, -0.1) is 0 Å². The van der Waals surface area contributed by atoms with Crippen LogP contribution >= 0.6 is 0 Å². The van der Waals surface area contributed by atoms with Crippen LogP contribution in [0.15, 0.2) is 0 Å². The Kier molecular flexibility index (Phi) is 3.31. The van der Waals surface area contributed by atoms with Crippen molar-refractivity contribution < 1.29 is 53.0 Å². The number of hydrogen-bond acceptors (Lipinski definition) is 2. The zero-order valence-electron chi connectivity index (χ0n) is 9.57. The Balaban J connectivity index is 3.87. The molecule has 0 atom stereocenters. The van der Waals surface area contributed by atoms with Crippen molar-refractivity contribution in [3.05, 3.63) is 0 Å². The number of methoxy groups -OCH3 is 1. The maximum absolute atomic E-state index is 13.7. The Labute approximate surface area is 108 Å². The Bertz CT molecular complexity index is 441. The Hall–Kier alpha value is -1.30. The van der Waals surface area contributed by atoms with Gasteiger partial charge in [0, 0.05) is 0 Å². The van der Waals surface area contributed by atoms with Crippen LogP contribution in [0.3, 0.4) is 0 Å². The van der Waals surface area contributed by atoms with E-state index in [0.29, 0.717) is 0 Å². The summed E-state index contributed by atoms with van der Waals surface area (Å²) >= 11 is 0. The SMILES string of the molecule is COC(=N)C1(F)C(F)(F)C(F)(F)C(F)(F)C(F)(F)C1(F)F. The zero-order chi connectivity index (χ0) is 17.3. The lowest BCUT2D eigenvalue weighted by Crippen LogP contribution is -2.85. The summed E-state index contributed by atoms with van der Waals surface area (Å²) in [4.78, 5) is 0. The fraction of sp³-hybridized carbons (Fsp3) is 0.875. The van der Waals surface area contributed by atoms with Crippen LogP contribution < -0.4 is 0 Å². The second-order valence-corrected chi connectivity index (χ2v) is 4.06. The minimum Gasteiger partial charge on any atom is -0.482 e. The molecule has 0 aromatic heterocycles. The van der Waals surface area contributed by atoms with Gasteiger partial charge in [0.15, 0.2) is 0 Å². The van der Waals surface area contributed by atoms with Crippen molar-refractivity contribution in [1.29, 1.82) is 5.41 Å². The lowest BCUT2D eigenvalue weighted by atomic mass is 9.72. The second kappa shape index (κ2) is 3.91. The van der Waals surface area contributed by atoms with E-state index in [0.717, 1.165) is 0 Å². The van der Waals surface area contributed by atoms with Crippen LogP contribution in [0.25, 0.3) is 0 Å². The summed E-state index contributed by atoms with van der Waals surface area (Å²) in [6.07, 6.45) is 0. The first-order chi connectivity index (χ1) is 8.98. The largest absolute Gasteiger partial charge is 0.482 e. The fourth-order valence-electron chi connectivity index (χ4n) is 1.65. The number of hydrogen-bond donors (Lipinski definition) is 1. The molecule has 0 bridgehead atoms. The summed E-state index contributed by atoms with van der Waals surface area (Å²) < 4.78 is 147. The molecule has 124 valence electrons. The van der Waals surface area contributed by atoms with Crippen LogP contribution in [0.5, 0.6) is 0 Å². The first-order valence-electron chi connectivity index (χ1n) is 4.69. The molecule has 13 heteroatoms. The average molecular weight is 339 g/mol. The minimum absolute atomic E-state index is 0.0544. The van der Waals surface area contributed by atoms with Crippen LogP contribution in [0.1, 0.15) is 0 Å². The predicted molar refractivity (Wildman–Crippen MR) is 43.3 cm³/mol. The molecule has 0 heterocycles. The van der Waals surface area contributed by atoms with E-state index in [1.165, 1.54) is 0 Å². The zero-order valence-corrected chi connectivity index (χ0v) is 9.57. The molecule has 1 aliphatic rings. The molecule has 0 aliphatic heterocycles. The maximum Gasteiger partial charge on any atom is 0.384 e. The molecule has 0 amide bonds. The lowest BCUT2D eigenvalue weighted by molar-refractivity contribution is -0.474. The van der Waals surface area contributed by atoms with Gasteiger partial charge in [0.2, 0.25) is 5.90 Å². The Morgan fingerprint density at radius 3 is 1.10 bits per heavy atom. The molecule has 1 rings (SSSR count). The molecule has 21 heavy (non-hydrogen) atoms. The van der Waals surface area contributed by atoms with Crippen LogP contribution in [-0.2, 0) is 4.74 Å². The molecule has 0 aromatic rings. The van der Waals surface area contributed by atoms with Gasteiger partial charge in [-0.25, -0.2) is 4.39 Å². The number of alkyl halides is 11. The van der Waals surface area contributed by atoms with Crippen molar-refractivity contribution in [2.24, 2.45) is 0 Å². The topological polar surface area (TPSA) is 33.1 Å². The van der Waals surface area contributed by atoms with Crippen LogP contribution in [0, 0.1) is 5.41 Å². The van der Waals surface area contributed by atoms with Crippen molar-refractivity contribution in [3.63, 3.8) is 0 Å². The normalized spacial score (nSPS) is 30.5. The van der Waals surface area contributed by atoms with Crippen molar-refractivity contribution in [3.8, 4) is 0 Å². The van der Waals surface area contributed by atoms with Crippen molar-refractivity contribution in [1.82, 2.24) is 0 Å². The highest BCUT2D eigenvalue weighted by molar-refractivity contribution is 5.86. The summed E-state index contributed by atoms with van der Waals surface area (Å²) in [6.45, 7) is 0. The first-order valence-corrected chi connectivity index (χ1v) is 4.69. The smallest absolute Gasteiger partial charge is 0.384 e. The average Bonchev–Trinajstić information content (AvgIpc) is 2.34. The predicted octanol–water partition coefficient (Wildman–Crippen LogP) is 3.51. The molecular weight excluding hydrogens is 335 g/mol. The van der Waals surface area contributed by atoms with E-state index >= 15 is 0 Å². The summed E-state index contributed by atoms with van der Waals surface area (Å²) in [5.74, 6) is -38.9. The number of rotatable bonds is 1. The molecule has 0 saturated heterocycles. The molecule has 1 N–H and O–H groups in total. The van der Waals surface area contributed by atoms with E-state index in [1.807, 2.05) is 0 Å². The Morgan fingerprint density at radius 2 is 0.857 bits per heavy atom. The second-order valence-electron chi connectivity index (χ2n) is 4.06. The molecule has 2 nitrogen and oxygen atoms in total. The summed E-state index contributed by atoms with van der Waals surface area (Å²) in [5.41, 5.74) is -6.48. The standard InChI is InChI=1S/C8H4F11NO/c1-21-2(20)3(9)4(10,11)6(14,15)8(18,19)7(16,17)5(3,12)13/h20H,1H3. The summed E-state index contributed by atoms with van der Waals surface area (Å²) in [6, 6.07) is 0. The van der Waals surface area contributed by atoms with Crippen LogP contribution in [0.4, 0.5) is 48.3 Å². The van der Waals surface area contributed by atoms with Gasteiger partial charge in [0.25, 0.3) is 0 Å². The summed E-state index contributed by atoms with van der Waals surface area (Å²) in [7, 11) is 0.0544. The van der Waals surface area contributed by atoms with E-state index < -0.39 is 41.2 Å². The van der Waals surface area contributed by atoms with Crippen LogP contribution in [0.2, 0.25) is 0 Å². The molecule has 0 spiro atoms. The summed E-state index contributed by atoms with van der Waals surface area (Å²) in [5, 5.41) is 6.35. The molecule has 0 unspecified atom stereocenters. The molecule has 0 radical (unpaired) electrons. The van der Waals surface area contributed by atoms with Gasteiger partial charge >= 0.3 is 35.3 Å². The quantitative estimate of drug-likeness (QED) is 0.443. The highest BCUT2D eigenvalue weighted by atomic mass is 19.4. The third-order valence-corrected chi connectivity index (χ3v) is 2.96. The monoisotopic (exact) mass is 339 g/mol. The molecule has 1 fully saturated rings. The number of nitrogens with one attached hydrogen (secondary N) is 1. The number of ether oxygens (including phenoxy) is 1. The first kappa shape index (κ1) is 17.8. The molecular formula is C8H4F11NO. The van der Waals surface area contributed by atoms with Gasteiger partial charge in [-0.2, -0.15) is 43.9 Å². The van der Waals surface area contributed by atoms with Gasteiger partial charge in [-0.1, -0.05) is 0 Å². The third-order valence-electron chi connectivity index (χ3n) is 2.96. The Morgan fingerprint density at radius 1 is 0.619 bits per heavy atom. The highest BCUT2D eigenvalue weighted by Gasteiger charge is 3.02. The van der Waals surface area contributed by atoms with Gasteiger partial charge < -0.3 is 4.74 Å². The molecule has 1 saturated carbocycles. The van der Waals surface area contributed by atoms with E-state index in [9.17, 15) is 48.3 Å². The molecule has 0 aromatic carbocycles. The number of halogens is 11. The lowest BCUT2D eigenvalue weighted by Gasteiger charge is -2.51. The molecule has 1 aliphatic carbocycles. The van der Waals surface area contributed by atoms with Gasteiger partial charge in [-0.3, -0.25) is 5.41 Å². The van der Waals surface area contributed by atoms with E-state index in [4.69, 9.17) is 5.41 Å². The fourth-order valence-corrected chi connectivity index (χ4v) is 1.65. The minimum atomic E-state index is -7.28. The van der Waals surface area contributed by atoms with E-state index in [-0.39, 0.29) is 7.11 Å². The third kappa shape index (κ3) is 1.42. The van der Waals surface area contributed by atoms with Gasteiger partial charge in [0.05, 0.1) is 7.11 Å².